The van der Waals surface area contributed by atoms with Crippen molar-refractivity contribution >= 4 is 40.6 Å². The number of hydrogen-bond donors (Lipinski definition) is 2. The predicted octanol–water partition coefficient (Wildman–Crippen LogP) is 3.28. The largest absolute Gasteiger partial charge is 0.478 e. The molecule has 1 amide bonds. The minimum absolute atomic E-state index is 0.0929. The number of amides is 1. The van der Waals surface area contributed by atoms with Gasteiger partial charge in [0.2, 0.25) is 0 Å². The number of para-hydroxylation sites is 1. The molecule has 0 bridgehead atoms. The zero-order chi connectivity index (χ0) is 16.2. The van der Waals surface area contributed by atoms with E-state index in [9.17, 15) is 9.59 Å². The molecule has 0 aliphatic carbocycles. The number of nitrogens with zero attached hydrogens (tertiary/aromatic N) is 1. The first-order chi connectivity index (χ1) is 11.1. The third-order valence-electron chi connectivity index (χ3n) is 3.10. The second-order valence-corrected chi connectivity index (χ2v) is 5.75. The summed E-state index contributed by atoms with van der Waals surface area (Å²) >= 11 is 1.19. The molecule has 6 heteroatoms. The number of hydrogen-bond acceptors (Lipinski definition) is 4. The highest BCUT2D eigenvalue weighted by Crippen LogP contribution is 2.29. The molecule has 2 aromatic rings. The predicted molar refractivity (Wildman–Crippen MR) is 90.6 cm³/mol. The zero-order valence-corrected chi connectivity index (χ0v) is 12.7. The van der Waals surface area contributed by atoms with E-state index in [1.165, 1.54) is 17.8 Å². The molecule has 1 fully saturated rings. The number of benzene rings is 2. The Balaban J connectivity index is 1.88. The Bertz CT molecular complexity index is 829. The van der Waals surface area contributed by atoms with Crippen molar-refractivity contribution in [2.24, 2.45) is 4.99 Å². The van der Waals surface area contributed by atoms with Gasteiger partial charge in [-0.1, -0.05) is 42.5 Å². The van der Waals surface area contributed by atoms with Crippen molar-refractivity contribution < 1.29 is 14.7 Å². The molecule has 1 saturated heterocycles. The number of thioether (sulfide) groups is 1. The number of carboxylic acid groups (broad SMARTS) is 1. The summed E-state index contributed by atoms with van der Waals surface area (Å²) in [6.07, 6.45) is 1.77. The van der Waals surface area contributed by atoms with Crippen LogP contribution in [0.3, 0.4) is 0 Å². The number of amidine groups is 1. The quantitative estimate of drug-likeness (QED) is 0.849. The van der Waals surface area contributed by atoms with E-state index in [1.54, 1.807) is 24.3 Å². The first kappa shape index (κ1) is 15.1. The molecule has 1 heterocycles. The summed E-state index contributed by atoms with van der Waals surface area (Å²) in [5, 5.41) is 12.2. The van der Waals surface area contributed by atoms with Crippen LogP contribution in [0.4, 0.5) is 5.69 Å². The van der Waals surface area contributed by atoms with Gasteiger partial charge >= 0.3 is 5.97 Å². The van der Waals surface area contributed by atoms with Crippen molar-refractivity contribution in [2.75, 3.05) is 0 Å². The van der Waals surface area contributed by atoms with E-state index in [1.807, 2.05) is 30.3 Å². The number of aromatic carboxylic acids is 1. The minimum Gasteiger partial charge on any atom is -0.478 e. The highest BCUT2D eigenvalue weighted by Gasteiger charge is 2.24. The average Bonchev–Trinajstić information content (AvgIpc) is 2.88. The molecule has 0 unspecified atom stereocenters. The van der Waals surface area contributed by atoms with E-state index < -0.39 is 5.97 Å². The van der Waals surface area contributed by atoms with Crippen LogP contribution in [0.5, 0.6) is 0 Å². The molecule has 0 spiro atoms. The number of carbonyl (C=O) groups excluding carboxylic acids is 1. The summed E-state index contributed by atoms with van der Waals surface area (Å²) in [7, 11) is 0. The maximum absolute atomic E-state index is 12.0. The lowest BCUT2D eigenvalue weighted by Crippen LogP contribution is -2.19. The Kier molecular flexibility index (Phi) is 4.25. The number of rotatable bonds is 3. The first-order valence-corrected chi connectivity index (χ1v) is 7.62. The van der Waals surface area contributed by atoms with Crippen molar-refractivity contribution in [1.82, 2.24) is 5.32 Å². The monoisotopic (exact) mass is 324 g/mol. The fourth-order valence-electron chi connectivity index (χ4n) is 2.04. The van der Waals surface area contributed by atoms with E-state index in [4.69, 9.17) is 5.11 Å². The van der Waals surface area contributed by atoms with Gasteiger partial charge in [-0.3, -0.25) is 4.79 Å². The molecule has 0 radical (unpaired) electrons. The summed E-state index contributed by atoms with van der Waals surface area (Å²) < 4.78 is 0. The summed E-state index contributed by atoms with van der Waals surface area (Å²) in [6, 6.07) is 15.9. The zero-order valence-electron chi connectivity index (χ0n) is 11.9. The van der Waals surface area contributed by atoms with E-state index in [-0.39, 0.29) is 11.5 Å². The van der Waals surface area contributed by atoms with Gasteiger partial charge in [-0.05, 0) is 35.5 Å². The lowest BCUT2D eigenvalue weighted by molar-refractivity contribution is -0.115. The molecule has 0 saturated carbocycles. The lowest BCUT2D eigenvalue weighted by atomic mass is 10.2. The van der Waals surface area contributed by atoms with Crippen LogP contribution >= 0.6 is 11.8 Å². The van der Waals surface area contributed by atoms with Crippen molar-refractivity contribution in [1.29, 1.82) is 0 Å². The van der Waals surface area contributed by atoms with Gasteiger partial charge in [0.15, 0.2) is 5.17 Å². The summed E-state index contributed by atoms with van der Waals surface area (Å²) in [4.78, 5) is 28.0. The molecule has 1 aliphatic rings. The molecular formula is C17H12N2O3S. The highest BCUT2D eigenvalue weighted by atomic mass is 32.2. The maximum Gasteiger partial charge on any atom is 0.337 e. The number of carboxylic acids is 1. The smallest absolute Gasteiger partial charge is 0.337 e. The van der Waals surface area contributed by atoms with Gasteiger partial charge in [0, 0.05) is 0 Å². The topological polar surface area (TPSA) is 78.8 Å². The van der Waals surface area contributed by atoms with E-state index in [0.717, 1.165) is 5.56 Å². The second kappa shape index (κ2) is 6.50. The molecule has 114 valence electrons. The van der Waals surface area contributed by atoms with E-state index in [2.05, 4.69) is 10.3 Å². The van der Waals surface area contributed by atoms with Crippen LogP contribution in [-0.2, 0) is 4.79 Å². The molecule has 3 rings (SSSR count). The maximum atomic E-state index is 12.0. The highest BCUT2D eigenvalue weighted by molar-refractivity contribution is 8.18. The third-order valence-corrected chi connectivity index (χ3v) is 4.01. The average molecular weight is 324 g/mol. The van der Waals surface area contributed by atoms with Gasteiger partial charge in [0.05, 0.1) is 16.2 Å². The Labute approximate surface area is 136 Å². The van der Waals surface area contributed by atoms with Gasteiger partial charge in [0.25, 0.3) is 5.91 Å². The third kappa shape index (κ3) is 3.49. The van der Waals surface area contributed by atoms with Gasteiger partial charge < -0.3 is 10.4 Å². The molecule has 0 atom stereocenters. The molecule has 1 aliphatic heterocycles. The van der Waals surface area contributed by atoms with Gasteiger partial charge in [-0.2, -0.15) is 0 Å². The van der Waals surface area contributed by atoms with Crippen LogP contribution < -0.4 is 5.32 Å². The van der Waals surface area contributed by atoms with Crippen molar-refractivity contribution in [3.63, 3.8) is 0 Å². The minimum atomic E-state index is -1.06. The molecule has 2 N–H and O–H groups in total. The van der Waals surface area contributed by atoms with Crippen molar-refractivity contribution in [3.05, 3.63) is 70.6 Å². The fourth-order valence-corrected chi connectivity index (χ4v) is 2.88. The lowest BCUT2D eigenvalue weighted by Gasteiger charge is -2.00. The number of aliphatic imine (C=N–C) groups is 1. The van der Waals surface area contributed by atoms with Gasteiger partial charge in [-0.25, -0.2) is 9.79 Å². The summed E-state index contributed by atoms with van der Waals surface area (Å²) in [5.41, 5.74) is 1.32. The Morgan fingerprint density at radius 3 is 2.52 bits per heavy atom. The fraction of sp³-hybridized carbons (Fsp3) is 0. The Morgan fingerprint density at radius 2 is 1.78 bits per heavy atom. The van der Waals surface area contributed by atoms with Crippen LogP contribution in [0.15, 0.2) is 64.5 Å². The first-order valence-electron chi connectivity index (χ1n) is 6.80. The second-order valence-electron chi connectivity index (χ2n) is 4.71. The molecule has 23 heavy (non-hydrogen) atoms. The molecule has 0 aromatic heterocycles. The van der Waals surface area contributed by atoms with Crippen molar-refractivity contribution in [3.8, 4) is 0 Å². The summed E-state index contributed by atoms with van der Waals surface area (Å²) in [6.45, 7) is 0. The van der Waals surface area contributed by atoms with Crippen LogP contribution in [-0.4, -0.2) is 22.2 Å². The van der Waals surface area contributed by atoms with E-state index >= 15 is 0 Å². The standard InChI is InChI=1S/C17H12N2O3S/c20-15-14(10-11-6-2-1-3-7-11)23-17(19-15)18-13-9-5-4-8-12(13)16(21)22/h1-10H,(H,21,22)(H,18,19,20)/b14-10-. The van der Waals surface area contributed by atoms with Crippen LogP contribution in [0.2, 0.25) is 0 Å². The number of nitrogens with one attached hydrogen (secondary N) is 1. The Morgan fingerprint density at radius 1 is 1.09 bits per heavy atom. The summed E-state index contributed by atoms with van der Waals surface area (Å²) in [5.74, 6) is -1.30. The van der Waals surface area contributed by atoms with Gasteiger partial charge in [0.1, 0.15) is 0 Å². The SMILES string of the molecule is O=C1NC(=Nc2ccccc2C(=O)O)S/C1=C\c1ccccc1. The van der Waals surface area contributed by atoms with Gasteiger partial charge in [-0.15, -0.1) is 0 Å². The van der Waals surface area contributed by atoms with Crippen LogP contribution in [0.25, 0.3) is 6.08 Å². The van der Waals surface area contributed by atoms with Crippen molar-refractivity contribution in [2.45, 2.75) is 0 Å². The molecular weight excluding hydrogens is 312 g/mol. The number of carbonyl (C=O) groups is 2. The van der Waals surface area contributed by atoms with Crippen LogP contribution in [0.1, 0.15) is 15.9 Å². The molecule has 5 nitrogen and oxygen atoms in total. The van der Waals surface area contributed by atoms with E-state index in [0.29, 0.717) is 15.8 Å². The Hall–Kier alpha value is -2.86. The van der Waals surface area contributed by atoms with Crippen LogP contribution in [0, 0.1) is 0 Å². The normalized spacial score (nSPS) is 17.5. The molecule has 2 aromatic carbocycles.